The number of nitrogens with one attached hydrogen (secondary N) is 1. The predicted molar refractivity (Wildman–Crippen MR) is 108 cm³/mol. The highest BCUT2D eigenvalue weighted by Gasteiger charge is 2.19. The quantitative estimate of drug-likeness (QED) is 0.706. The Balaban J connectivity index is 1.49. The van der Waals surface area contributed by atoms with Gasteiger partial charge in [-0.15, -0.1) is 10.2 Å². The Hall–Kier alpha value is -3.22. The van der Waals surface area contributed by atoms with Crippen molar-refractivity contribution in [3.05, 3.63) is 59.7 Å². The largest absolute Gasteiger partial charge is 0.484 e. The van der Waals surface area contributed by atoms with Crippen LogP contribution >= 0.6 is 0 Å². The number of carbonyl (C=O) groups excluding carboxylic acids is 1. The summed E-state index contributed by atoms with van der Waals surface area (Å²) in [5.74, 6) is 1.32. The van der Waals surface area contributed by atoms with Gasteiger partial charge in [-0.1, -0.05) is 18.6 Å². The smallest absolute Gasteiger partial charge is 0.262 e. The molecule has 2 aromatic carbocycles. The molecule has 2 heterocycles. The number of nitrogens with zero attached hydrogens (tertiary/aromatic N) is 3. The summed E-state index contributed by atoms with van der Waals surface area (Å²) in [6.07, 6.45) is 4.06. The fourth-order valence-electron chi connectivity index (χ4n) is 3.51. The Morgan fingerprint density at radius 3 is 2.93 bits per heavy atom. The van der Waals surface area contributed by atoms with Gasteiger partial charge in [-0.05, 0) is 55.7 Å². The Labute approximate surface area is 168 Å². The van der Waals surface area contributed by atoms with Crippen LogP contribution in [0.1, 0.15) is 30.7 Å². The first-order valence-electron chi connectivity index (χ1n) is 9.81. The van der Waals surface area contributed by atoms with Gasteiger partial charge in [-0.3, -0.25) is 4.79 Å². The van der Waals surface area contributed by atoms with E-state index in [9.17, 15) is 9.18 Å². The van der Waals surface area contributed by atoms with Crippen LogP contribution in [0.15, 0.2) is 42.5 Å². The van der Waals surface area contributed by atoms with Crippen LogP contribution in [0, 0.1) is 12.7 Å². The number of halogens is 1. The summed E-state index contributed by atoms with van der Waals surface area (Å²) < 4.78 is 22.0. The molecule has 1 amide bonds. The van der Waals surface area contributed by atoms with E-state index in [1.807, 2.05) is 29.7 Å². The third-order valence-electron chi connectivity index (χ3n) is 4.96. The first-order valence-corrected chi connectivity index (χ1v) is 9.81. The van der Waals surface area contributed by atoms with Gasteiger partial charge in [-0.25, -0.2) is 4.39 Å². The van der Waals surface area contributed by atoms with Gasteiger partial charge in [0.15, 0.2) is 12.4 Å². The normalized spacial score (nSPS) is 13.4. The zero-order valence-electron chi connectivity index (χ0n) is 16.3. The number of ether oxygens (including phenoxy) is 1. The molecule has 1 N–H and O–H groups in total. The van der Waals surface area contributed by atoms with E-state index in [1.54, 1.807) is 12.1 Å². The van der Waals surface area contributed by atoms with E-state index in [2.05, 4.69) is 15.5 Å². The van der Waals surface area contributed by atoms with Crippen molar-refractivity contribution in [2.45, 2.75) is 39.2 Å². The van der Waals surface area contributed by atoms with Crippen molar-refractivity contribution in [1.82, 2.24) is 14.8 Å². The van der Waals surface area contributed by atoms with E-state index < -0.39 is 5.82 Å². The Morgan fingerprint density at radius 2 is 2.07 bits per heavy atom. The number of carbonyl (C=O) groups is 1. The molecule has 0 spiro atoms. The Morgan fingerprint density at radius 1 is 1.17 bits per heavy atom. The van der Waals surface area contributed by atoms with Gasteiger partial charge in [0.25, 0.3) is 5.91 Å². The lowest BCUT2D eigenvalue weighted by molar-refractivity contribution is -0.118. The highest BCUT2D eigenvalue weighted by molar-refractivity contribution is 5.92. The first-order chi connectivity index (χ1) is 14.1. The van der Waals surface area contributed by atoms with Gasteiger partial charge in [-0.2, -0.15) is 0 Å². The molecule has 4 rings (SSSR count). The van der Waals surface area contributed by atoms with E-state index in [0.717, 1.165) is 43.6 Å². The molecule has 0 bridgehead atoms. The van der Waals surface area contributed by atoms with Gasteiger partial charge in [0, 0.05) is 18.7 Å². The van der Waals surface area contributed by atoms with Crippen molar-refractivity contribution in [2.75, 3.05) is 11.9 Å². The maximum atomic E-state index is 14.5. The van der Waals surface area contributed by atoms with Gasteiger partial charge >= 0.3 is 0 Å². The van der Waals surface area contributed by atoms with E-state index in [4.69, 9.17) is 4.74 Å². The maximum absolute atomic E-state index is 14.5. The Kier molecular flexibility index (Phi) is 5.55. The molecule has 0 atom stereocenters. The molecular weight excluding hydrogens is 371 g/mol. The second-order valence-electron chi connectivity index (χ2n) is 7.25. The third kappa shape index (κ3) is 4.45. The molecule has 6 nitrogen and oxygen atoms in total. The fourth-order valence-corrected chi connectivity index (χ4v) is 3.51. The van der Waals surface area contributed by atoms with Crippen LogP contribution in [0.3, 0.4) is 0 Å². The zero-order valence-corrected chi connectivity index (χ0v) is 16.3. The number of aryl methyl sites for hydroxylation is 2. The molecule has 7 heteroatoms. The van der Waals surface area contributed by atoms with Crippen molar-refractivity contribution >= 4 is 11.6 Å². The number of anilines is 1. The van der Waals surface area contributed by atoms with Gasteiger partial charge in [0.1, 0.15) is 17.4 Å². The molecule has 0 aliphatic carbocycles. The fraction of sp³-hybridized carbons (Fsp3) is 0.318. The lowest BCUT2D eigenvalue weighted by Gasteiger charge is -2.11. The van der Waals surface area contributed by atoms with Crippen molar-refractivity contribution in [3.63, 3.8) is 0 Å². The second-order valence-corrected chi connectivity index (χ2v) is 7.25. The summed E-state index contributed by atoms with van der Waals surface area (Å²) in [6.45, 7) is 2.60. The molecule has 0 fully saturated rings. The molecule has 1 aromatic heterocycles. The summed E-state index contributed by atoms with van der Waals surface area (Å²) in [5, 5.41) is 11.2. The van der Waals surface area contributed by atoms with Crippen LogP contribution in [-0.4, -0.2) is 27.3 Å². The Bertz CT molecular complexity index is 1030. The molecule has 1 aliphatic heterocycles. The minimum absolute atomic E-state index is 0.128. The van der Waals surface area contributed by atoms with Crippen LogP contribution in [0.25, 0.3) is 11.4 Å². The number of amides is 1. The summed E-state index contributed by atoms with van der Waals surface area (Å²) in [6, 6.07) is 12.0. The summed E-state index contributed by atoms with van der Waals surface area (Å²) >= 11 is 0. The minimum Gasteiger partial charge on any atom is -0.484 e. The molecule has 3 aromatic rings. The molecule has 0 saturated heterocycles. The highest BCUT2D eigenvalue weighted by Crippen LogP contribution is 2.27. The van der Waals surface area contributed by atoms with Crippen molar-refractivity contribution in [3.8, 4) is 17.1 Å². The van der Waals surface area contributed by atoms with Gasteiger partial charge < -0.3 is 14.6 Å². The topological polar surface area (TPSA) is 69.0 Å². The average Bonchev–Trinajstić information content (AvgIpc) is 2.95. The van der Waals surface area contributed by atoms with E-state index in [1.165, 1.54) is 12.1 Å². The average molecular weight is 394 g/mol. The molecule has 150 valence electrons. The van der Waals surface area contributed by atoms with Crippen LogP contribution < -0.4 is 10.1 Å². The number of hydrogen-bond donors (Lipinski definition) is 1. The SMILES string of the molecule is Cc1cccc(OCC(=O)Nc2ccc(F)c(-c3nnc4n3CCCCC4)c2)c1. The molecule has 0 radical (unpaired) electrons. The molecular formula is C22H23FN4O2. The van der Waals surface area contributed by atoms with Crippen LogP contribution in [0.2, 0.25) is 0 Å². The zero-order chi connectivity index (χ0) is 20.2. The van der Waals surface area contributed by atoms with Crippen molar-refractivity contribution in [1.29, 1.82) is 0 Å². The molecule has 0 saturated carbocycles. The number of hydrogen-bond acceptors (Lipinski definition) is 4. The van der Waals surface area contributed by atoms with Crippen molar-refractivity contribution in [2.24, 2.45) is 0 Å². The van der Waals surface area contributed by atoms with Crippen LogP contribution in [0.4, 0.5) is 10.1 Å². The number of fused-ring (bicyclic) bond motifs is 1. The minimum atomic E-state index is -0.390. The van der Waals surface area contributed by atoms with Crippen molar-refractivity contribution < 1.29 is 13.9 Å². The lowest BCUT2D eigenvalue weighted by atomic mass is 10.1. The summed E-state index contributed by atoms with van der Waals surface area (Å²) in [5.41, 5.74) is 1.88. The third-order valence-corrected chi connectivity index (χ3v) is 4.96. The number of benzene rings is 2. The number of aromatic nitrogens is 3. The monoisotopic (exact) mass is 394 g/mol. The molecule has 1 aliphatic rings. The summed E-state index contributed by atoms with van der Waals surface area (Å²) in [4.78, 5) is 12.3. The molecule has 0 unspecified atom stereocenters. The maximum Gasteiger partial charge on any atom is 0.262 e. The van der Waals surface area contributed by atoms with E-state index >= 15 is 0 Å². The standard InChI is InChI=1S/C22H23FN4O2/c1-15-6-5-7-17(12-15)29-14-21(28)24-16-9-10-19(23)18(13-16)22-26-25-20-8-3-2-4-11-27(20)22/h5-7,9-10,12-13H,2-4,8,11,14H2,1H3,(H,24,28). The van der Waals surface area contributed by atoms with Gasteiger partial charge in [0.05, 0.1) is 5.56 Å². The summed E-state index contributed by atoms with van der Waals surface area (Å²) in [7, 11) is 0. The number of rotatable bonds is 5. The van der Waals surface area contributed by atoms with Gasteiger partial charge in [0.2, 0.25) is 0 Å². The highest BCUT2D eigenvalue weighted by atomic mass is 19.1. The van der Waals surface area contributed by atoms with Crippen LogP contribution in [0.5, 0.6) is 5.75 Å². The van der Waals surface area contributed by atoms with E-state index in [0.29, 0.717) is 22.8 Å². The van der Waals surface area contributed by atoms with E-state index in [-0.39, 0.29) is 12.5 Å². The van der Waals surface area contributed by atoms with Crippen LogP contribution in [-0.2, 0) is 17.8 Å². The predicted octanol–water partition coefficient (Wildman–Crippen LogP) is 4.14. The lowest BCUT2D eigenvalue weighted by Crippen LogP contribution is -2.20. The molecule has 29 heavy (non-hydrogen) atoms. The second kappa shape index (κ2) is 8.43. The first kappa shape index (κ1) is 19.1.